The lowest BCUT2D eigenvalue weighted by Crippen LogP contribution is -2.50. The van der Waals surface area contributed by atoms with Crippen LogP contribution in [0.1, 0.15) is 63.0 Å². The fraction of sp³-hybridized carbons (Fsp3) is 0.435. The largest absolute Gasteiger partial charge is 0.417 e. The van der Waals surface area contributed by atoms with Gasteiger partial charge in [0.2, 0.25) is 5.91 Å². The van der Waals surface area contributed by atoms with Crippen LogP contribution in [0.4, 0.5) is 13.2 Å². The maximum Gasteiger partial charge on any atom is 0.417 e. The van der Waals surface area contributed by atoms with Crippen molar-refractivity contribution < 1.29 is 32.3 Å². The van der Waals surface area contributed by atoms with E-state index < -0.39 is 35.4 Å². The third-order valence-electron chi connectivity index (χ3n) is 6.25. The number of carbonyl (C=O) groups is 4. The first-order valence-corrected chi connectivity index (χ1v) is 12.3. The first-order chi connectivity index (χ1) is 17.1. The summed E-state index contributed by atoms with van der Waals surface area (Å²) in [5, 5.41) is 4.81. The van der Waals surface area contributed by atoms with E-state index >= 15 is 0 Å². The third-order valence-corrected chi connectivity index (χ3v) is 7.26. The topological polar surface area (TPSA) is 121 Å². The Morgan fingerprint density at radius 1 is 1.08 bits per heavy atom. The van der Waals surface area contributed by atoms with Crippen molar-refractivity contribution in [2.45, 2.75) is 37.8 Å². The van der Waals surface area contributed by atoms with Crippen LogP contribution in [0.3, 0.4) is 0 Å². The van der Waals surface area contributed by atoms with Crippen LogP contribution in [0.2, 0.25) is 0 Å². The van der Waals surface area contributed by atoms with Gasteiger partial charge in [-0.3, -0.25) is 30.0 Å². The lowest BCUT2D eigenvalue weighted by atomic mass is 9.96. The first kappa shape index (κ1) is 25.6. The van der Waals surface area contributed by atoms with Crippen LogP contribution < -0.4 is 16.2 Å². The van der Waals surface area contributed by atoms with Crippen LogP contribution >= 0.6 is 11.3 Å². The van der Waals surface area contributed by atoms with E-state index in [4.69, 9.17) is 0 Å². The SMILES string of the molecule is O=C(NNC(=O)C1CCCNC1=O)c1csc(C2CCN(C(=O)c3ccccc3C(F)(F)F)CC2)n1. The molecule has 13 heteroatoms. The molecular weight excluding hydrogens is 499 g/mol. The summed E-state index contributed by atoms with van der Waals surface area (Å²) in [4.78, 5) is 54.8. The zero-order chi connectivity index (χ0) is 25.9. The monoisotopic (exact) mass is 523 g/mol. The molecule has 4 rings (SSSR count). The maximum absolute atomic E-state index is 13.3. The average molecular weight is 524 g/mol. The van der Waals surface area contributed by atoms with Gasteiger partial charge >= 0.3 is 6.18 Å². The normalized spacial score (nSPS) is 18.9. The Balaban J connectivity index is 1.31. The lowest BCUT2D eigenvalue weighted by molar-refractivity contribution is -0.138. The van der Waals surface area contributed by atoms with E-state index in [0.717, 1.165) is 6.07 Å². The van der Waals surface area contributed by atoms with Gasteiger partial charge in [-0.2, -0.15) is 13.2 Å². The molecule has 2 aliphatic rings. The molecule has 0 saturated carbocycles. The summed E-state index contributed by atoms with van der Waals surface area (Å²) in [6.07, 6.45) is -2.57. The van der Waals surface area contributed by atoms with E-state index in [2.05, 4.69) is 21.2 Å². The molecule has 2 fully saturated rings. The summed E-state index contributed by atoms with van der Waals surface area (Å²) in [6.45, 7) is 1.04. The van der Waals surface area contributed by atoms with E-state index in [1.54, 1.807) is 5.38 Å². The van der Waals surface area contributed by atoms with Crippen LogP contribution in [0, 0.1) is 5.92 Å². The Hall–Kier alpha value is -3.48. The molecule has 0 spiro atoms. The van der Waals surface area contributed by atoms with Gasteiger partial charge in [-0.15, -0.1) is 11.3 Å². The molecular formula is C23H24F3N5O4S. The summed E-state index contributed by atoms with van der Waals surface area (Å²) in [5.74, 6) is -3.18. The Labute approximate surface area is 208 Å². The Bertz CT molecular complexity index is 1160. The van der Waals surface area contributed by atoms with Crippen LogP contribution in [0.15, 0.2) is 29.6 Å². The van der Waals surface area contributed by atoms with Crippen molar-refractivity contribution >= 4 is 35.0 Å². The van der Waals surface area contributed by atoms with Crippen molar-refractivity contribution in [1.82, 2.24) is 26.1 Å². The number of hydrogen-bond donors (Lipinski definition) is 3. The molecule has 36 heavy (non-hydrogen) atoms. The van der Waals surface area contributed by atoms with Gasteiger partial charge in [0.25, 0.3) is 17.7 Å². The molecule has 1 unspecified atom stereocenters. The van der Waals surface area contributed by atoms with Gasteiger partial charge in [0.15, 0.2) is 0 Å². The second-order valence-electron chi connectivity index (χ2n) is 8.61. The number of carbonyl (C=O) groups excluding carboxylic acids is 4. The van der Waals surface area contributed by atoms with Gasteiger partial charge in [-0.1, -0.05) is 12.1 Å². The van der Waals surface area contributed by atoms with Gasteiger partial charge in [-0.25, -0.2) is 4.98 Å². The van der Waals surface area contributed by atoms with Crippen LogP contribution in [0.5, 0.6) is 0 Å². The minimum atomic E-state index is -4.62. The molecule has 1 aromatic carbocycles. The molecule has 9 nitrogen and oxygen atoms in total. The number of thiazole rings is 1. The highest BCUT2D eigenvalue weighted by atomic mass is 32.1. The standard InChI is InChI=1S/C23H24F3N5O4S/c24-23(25,26)16-6-2-1-4-14(16)22(35)31-10-7-13(8-11-31)21-28-17(12-36-21)20(34)30-29-19(33)15-5-3-9-27-18(15)32/h1-2,4,6,12-13,15H,3,5,7-11H2,(H,27,32)(H,29,33)(H,30,34). The number of hydrazine groups is 1. The minimum Gasteiger partial charge on any atom is -0.355 e. The first-order valence-electron chi connectivity index (χ1n) is 11.4. The molecule has 192 valence electrons. The molecule has 4 amide bonds. The Kier molecular flexibility index (Phi) is 7.57. The quantitative estimate of drug-likeness (QED) is 0.420. The molecule has 2 aromatic rings. The molecule has 0 bridgehead atoms. The molecule has 3 N–H and O–H groups in total. The minimum absolute atomic E-state index is 0.0565. The highest BCUT2D eigenvalue weighted by Crippen LogP contribution is 2.34. The number of piperidine rings is 2. The molecule has 1 atom stereocenters. The summed E-state index contributed by atoms with van der Waals surface area (Å²) < 4.78 is 39.9. The smallest absolute Gasteiger partial charge is 0.355 e. The number of rotatable bonds is 4. The highest BCUT2D eigenvalue weighted by molar-refractivity contribution is 7.09. The number of amides is 4. The highest BCUT2D eigenvalue weighted by Gasteiger charge is 2.37. The van der Waals surface area contributed by atoms with Crippen LogP contribution in [-0.2, 0) is 15.8 Å². The van der Waals surface area contributed by atoms with Crippen molar-refractivity contribution in [2.24, 2.45) is 5.92 Å². The summed E-state index contributed by atoms with van der Waals surface area (Å²) in [6, 6.07) is 4.74. The number of likely N-dealkylation sites (tertiary alicyclic amines) is 1. The fourth-order valence-electron chi connectivity index (χ4n) is 4.29. The van der Waals surface area contributed by atoms with Gasteiger partial charge in [0.1, 0.15) is 11.6 Å². The summed E-state index contributed by atoms with van der Waals surface area (Å²) in [5.41, 5.74) is 3.30. The van der Waals surface area contributed by atoms with Gasteiger partial charge in [0.05, 0.1) is 16.1 Å². The lowest BCUT2D eigenvalue weighted by Gasteiger charge is -2.31. The van der Waals surface area contributed by atoms with Gasteiger partial charge in [0, 0.05) is 30.9 Å². The van der Waals surface area contributed by atoms with E-state index in [1.165, 1.54) is 34.4 Å². The zero-order valence-electron chi connectivity index (χ0n) is 19.1. The number of halogens is 3. The summed E-state index contributed by atoms with van der Waals surface area (Å²) in [7, 11) is 0. The average Bonchev–Trinajstić information content (AvgIpc) is 3.37. The molecule has 3 heterocycles. The number of aromatic nitrogens is 1. The van der Waals surface area contributed by atoms with Crippen molar-refractivity contribution in [3.63, 3.8) is 0 Å². The van der Waals surface area contributed by atoms with Crippen LogP contribution in [-0.4, -0.2) is 53.1 Å². The maximum atomic E-state index is 13.3. The summed E-state index contributed by atoms with van der Waals surface area (Å²) >= 11 is 1.26. The van der Waals surface area contributed by atoms with Crippen LogP contribution in [0.25, 0.3) is 0 Å². The Morgan fingerprint density at radius 3 is 2.50 bits per heavy atom. The molecule has 2 saturated heterocycles. The number of benzene rings is 1. The van der Waals surface area contributed by atoms with Crippen molar-refractivity contribution in [3.8, 4) is 0 Å². The molecule has 1 aromatic heterocycles. The van der Waals surface area contributed by atoms with E-state index in [-0.39, 0.29) is 36.2 Å². The van der Waals surface area contributed by atoms with E-state index in [0.29, 0.717) is 37.2 Å². The second kappa shape index (κ2) is 10.6. The van der Waals surface area contributed by atoms with E-state index in [1.807, 2.05) is 0 Å². The van der Waals surface area contributed by atoms with Gasteiger partial charge < -0.3 is 10.2 Å². The predicted octanol–water partition coefficient (Wildman–Crippen LogP) is 2.47. The molecule has 2 aliphatic heterocycles. The molecule has 0 aliphatic carbocycles. The second-order valence-corrected chi connectivity index (χ2v) is 9.50. The number of alkyl halides is 3. The molecule has 0 radical (unpaired) electrons. The number of hydrogen-bond acceptors (Lipinski definition) is 6. The fourth-order valence-corrected chi connectivity index (χ4v) is 5.26. The Morgan fingerprint density at radius 2 is 1.81 bits per heavy atom. The number of nitrogens with zero attached hydrogens (tertiary/aromatic N) is 2. The van der Waals surface area contributed by atoms with Crippen molar-refractivity contribution in [1.29, 1.82) is 0 Å². The van der Waals surface area contributed by atoms with Crippen molar-refractivity contribution in [3.05, 3.63) is 51.5 Å². The number of nitrogens with one attached hydrogen (secondary N) is 3. The predicted molar refractivity (Wildman–Crippen MR) is 123 cm³/mol. The van der Waals surface area contributed by atoms with Gasteiger partial charge in [-0.05, 0) is 37.8 Å². The van der Waals surface area contributed by atoms with Crippen molar-refractivity contribution in [2.75, 3.05) is 19.6 Å². The third kappa shape index (κ3) is 5.66. The van der Waals surface area contributed by atoms with E-state index in [9.17, 15) is 32.3 Å². The zero-order valence-corrected chi connectivity index (χ0v) is 19.9.